The summed E-state index contributed by atoms with van der Waals surface area (Å²) in [5.41, 5.74) is 1.04. The van der Waals surface area contributed by atoms with Crippen LogP contribution in [-0.2, 0) is 6.54 Å². The zero-order chi connectivity index (χ0) is 10.7. The van der Waals surface area contributed by atoms with Crippen molar-refractivity contribution in [3.8, 4) is 0 Å². The van der Waals surface area contributed by atoms with Crippen LogP contribution in [0, 0.1) is 0 Å². The summed E-state index contributed by atoms with van der Waals surface area (Å²) in [4.78, 5) is 6.42. The molecule has 15 heavy (non-hydrogen) atoms. The Kier molecular flexibility index (Phi) is 3.30. The lowest BCUT2D eigenvalue weighted by atomic mass is 10.2. The molecule has 2 heterocycles. The van der Waals surface area contributed by atoms with E-state index in [2.05, 4.69) is 15.2 Å². The maximum Gasteiger partial charge on any atom is 0.0831 e. The average molecular weight is 207 g/mol. The highest BCUT2D eigenvalue weighted by Crippen LogP contribution is 2.10. The highest BCUT2D eigenvalue weighted by atomic mass is 16.3. The lowest BCUT2D eigenvalue weighted by molar-refractivity contribution is 0.0948. The fourth-order valence-electron chi connectivity index (χ4n) is 1.97. The van der Waals surface area contributed by atoms with Gasteiger partial charge in [-0.2, -0.15) is 0 Å². The van der Waals surface area contributed by atoms with E-state index in [9.17, 15) is 5.11 Å². The van der Waals surface area contributed by atoms with E-state index in [1.165, 1.54) is 0 Å². The standard InChI is InChI=1S/C11H17N3O/c1-14(10-6-12-7-11(10)15)8-9-4-2-3-5-13-9/h2-5,10-12,15H,6-8H2,1H3. The van der Waals surface area contributed by atoms with E-state index >= 15 is 0 Å². The number of aliphatic hydroxyl groups excluding tert-OH is 1. The molecular weight excluding hydrogens is 190 g/mol. The summed E-state index contributed by atoms with van der Waals surface area (Å²) in [6, 6.07) is 6.10. The molecule has 1 aliphatic rings. The molecule has 0 amide bonds. The Labute approximate surface area is 89.9 Å². The zero-order valence-electron chi connectivity index (χ0n) is 8.93. The van der Waals surface area contributed by atoms with Gasteiger partial charge in [-0.05, 0) is 19.2 Å². The number of aliphatic hydroxyl groups is 1. The lowest BCUT2D eigenvalue weighted by Gasteiger charge is -2.25. The van der Waals surface area contributed by atoms with Crippen molar-refractivity contribution in [3.63, 3.8) is 0 Å². The van der Waals surface area contributed by atoms with Crippen LogP contribution in [0.4, 0.5) is 0 Å². The predicted octanol–water partition coefficient (Wildman–Crippen LogP) is -0.154. The van der Waals surface area contributed by atoms with Crippen molar-refractivity contribution < 1.29 is 5.11 Å². The Hall–Kier alpha value is -0.970. The van der Waals surface area contributed by atoms with Gasteiger partial charge in [-0.25, -0.2) is 0 Å². The summed E-state index contributed by atoms with van der Waals surface area (Å²) < 4.78 is 0. The van der Waals surface area contributed by atoms with Crippen LogP contribution in [0.5, 0.6) is 0 Å². The van der Waals surface area contributed by atoms with Crippen LogP contribution >= 0.6 is 0 Å². The number of β-amino-alcohol motifs (C(OH)–C–C–N with tert-alkyl or cyclic N) is 1. The van der Waals surface area contributed by atoms with E-state index < -0.39 is 0 Å². The monoisotopic (exact) mass is 207 g/mol. The van der Waals surface area contributed by atoms with Crippen molar-refractivity contribution in [1.82, 2.24) is 15.2 Å². The number of hydrogen-bond donors (Lipinski definition) is 2. The van der Waals surface area contributed by atoms with Gasteiger partial charge in [-0.3, -0.25) is 9.88 Å². The van der Waals surface area contributed by atoms with Gasteiger partial charge in [0.05, 0.1) is 11.8 Å². The second kappa shape index (κ2) is 4.70. The molecule has 0 radical (unpaired) electrons. The molecule has 2 N–H and O–H groups in total. The van der Waals surface area contributed by atoms with Gasteiger partial charge in [0.15, 0.2) is 0 Å². The molecular formula is C11H17N3O. The smallest absolute Gasteiger partial charge is 0.0831 e. The van der Waals surface area contributed by atoms with Crippen LogP contribution in [0.1, 0.15) is 5.69 Å². The van der Waals surface area contributed by atoms with E-state index in [0.29, 0.717) is 6.54 Å². The molecule has 0 aliphatic carbocycles. The summed E-state index contributed by atoms with van der Waals surface area (Å²) in [7, 11) is 2.02. The SMILES string of the molecule is CN(Cc1ccccn1)C1CNCC1O. The van der Waals surface area contributed by atoms with E-state index in [4.69, 9.17) is 0 Å². The van der Waals surface area contributed by atoms with Crippen LogP contribution in [0.2, 0.25) is 0 Å². The maximum atomic E-state index is 9.71. The minimum atomic E-state index is -0.265. The molecule has 0 bridgehead atoms. The summed E-state index contributed by atoms with van der Waals surface area (Å²) in [5, 5.41) is 12.9. The van der Waals surface area contributed by atoms with Crippen LogP contribution in [-0.4, -0.2) is 47.3 Å². The lowest BCUT2D eigenvalue weighted by Crippen LogP contribution is -2.40. The van der Waals surface area contributed by atoms with E-state index in [1.807, 2.05) is 25.2 Å². The number of nitrogens with one attached hydrogen (secondary N) is 1. The Morgan fingerprint density at radius 1 is 1.53 bits per heavy atom. The topological polar surface area (TPSA) is 48.4 Å². The first-order chi connectivity index (χ1) is 7.27. The van der Waals surface area contributed by atoms with Gasteiger partial charge in [0, 0.05) is 31.9 Å². The fraction of sp³-hybridized carbons (Fsp3) is 0.545. The molecule has 2 atom stereocenters. The van der Waals surface area contributed by atoms with Crippen molar-refractivity contribution >= 4 is 0 Å². The van der Waals surface area contributed by atoms with Gasteiger partial charge in [-0.1, -0.05) is 6.07 Å². The van der Waals surface area contributed by atoms with Gasteiger partial charge in [0.1, 0.15) is 0 Å². The molecule has 0 aromatic carbocycles. The van der Waals surface area contributed by atoms with Crippen molar-refractivity contribution in [2.24, 2.45) is 0 Å². The molecule has 4 nitrogen and oxygen atoms in total. The van der Waals surface area contributed by atoms with Crippen LogP contribution < -0.4 is 5.32 Å². The third kappa shape index (κ3) is 2.53. The minimum Gasteiger partial charge on any atom is -0.390 e. The minimum absolute atomic E-state index is 0.201. The second-order valence-corrected chi connectivity index (χ2v) is 4.03. The third-order valence-electron chi connectivity index (χ3n) is 2.85. The van der Waals surface area contributed by atoms with Crippen molar-refractivity contribution in [2.45, 2.75) is 18.7 Å². The van der Waals surface area contributed by atoms with Gasteiger partial charge in [-0.15, -0.1) is 0 Å². The van der Waals surface area contributed by atoms with Crippen molar-refractivity contribution in [1.29, 1.82) is 0 Å². The van der Waals surface area contributed by atoms with Gasteiger partial charge in [0.25, 0.3) is 0 Å². The third-order valence-corrected chi connectivity index (χ3v) is 2.85. The largest absolute Gasteiger partial charge is 0.390 e. The predicted molar refractivity (Wildman–Crippen MR) is 58.4 cm³/mol. The summed E-state index contributed by atoms with van der Waals surface area (Å²) in [6.45, 7) is 2.33. The summed E-state index contributed by atoms with van der Waals surface area (Å²) >= 11 is 0. The van der Waals surface area contributed by atoms with Crippen LogP contribution in [0.15, 0.2) is 24.4 Å². The molecule has 1 aromatic rings. The van der Waals surface area contributed by atoms with E-state index in [1.54, 1.807) is 6.20 Å². The first kappa shape index (κ1) is 10.5. The average Bonchev–Trinajstić information content (AvgIpc) is 2.66. The number of aromatic nitrogens is 1. The first-order valence-corrected chi connectivity index (χ1v) is 5.26. The van der Waals surface area contributed by atoms with Crippen molar-refractivity contribution in [3.05, 3.63) is 30.1 Å². The zero-order valence-corrected chi connectivity index (χ0v) is 8.93. The van der Waals surface area contributed by atoms with Crippen LogP contribution in [0.3, 0.4) is 0 Å². The molecule has 2 rings (SSSR count). The number of pyridine rings is 1. The molecule has 82 valence electrons. The quantitative estimate of drug-likeness (QED) is 0.723. The van der Waals surface area contributed by atoms with Crippen molar-refractivity contribution in [2.75, 3.05) is 20.1 Å². The van der Waals surface area contributed by atoms with Gasteiger partial charge >= 0.3 is 0 Å². The summed E-state index contributed by atoms with van der Waals surface area (Å²) in [5.74, 6) is 0. The first-order valence-electron chi connectivity index (χ1n) is 5.26. The second-order valence-electron chi connectivity index (χ2n) is 4.03. The number of hydrogen-bond acceptors (Lipinski definition) is 4. The maximum absolute atomic E-state index is 9.71. The highest BCUT2D eigenvalue weighted by molar-refractivity contribution is 5.04. The number of nitrogens with zero attached hydrogens (tertiary/aromatic N) is 2. The van der Waals surface area contributed by atoms with E-state index in [-0.39, 0.29) is 12.1 Å². The fourth-order valence-corrected chi connectivity index (χ4v) is 1.97. The molecule has 0 saturated carbocycles. The molecule has 1 aromatic heterocycles. The Morgan fingerprint density at radius 2 is 2.40 bits per heavy atom. The molecule has 1 fully saturated rings. The molecule has 0 spiro atoms. The summed E-state index contributed by atoms with van der Waals surface area (Å²) in [6.07, 6.45) is 1.53. The Balaban J connectivity index is 1.94. The number of likely N-dealkylation sites (N-methyl/N-ethyl adjacent to an activating group) is 1. The Bertz CT molecular complexity index is 304. The highest BCUT2D eigenvalue weighted by Gasteiger charge is 2.28. The van der Waals surface area contributed by atoms with Crippen LogP contribution in [0.25, 0.3) is 0 Å². The molecule has 2 unspecified atom stereocenters. The number of rotatable bonds is 3. The van der Waals surface area contributed by atoms with Gasteiger partial charge < -0.3 is 10.4 Å². The Morgan fingerprint density at radius 3 is 3.00 bits per heavy atom. The normalized spacial score (nSPS) is 26.1. The molecule has 1 aliphatic heterocycles. The molecule has 4 heteroatoms. The molecule has 1 saturated heterocycles. The van der Waals surface area contributed by atoms with E-state index in [0.717, 1.165) is 18.8 Å². The van der Waals surface area contributed by atoms with Gasteiger partial charge in [0.2, 0.25) is 0 Å².